The SMILES string of the molecule is Cn1cc(C(C)(O)CNC(c2ccccc2)C2CCCC2)cn1. The Morgan fingerprint density at radius 3 is 2.61 bits per heavy atom. The van der Waals surface area contributed by atoms with Crippen LogP contribution in [0, 0.1) is 5.92 Å². The lowest BCUT2D eigenvalue weighted by atomic mass is 9.90. The van der Waals surface area contributed by atoms with E-state index in [1.165, 1.54) is 31.2 Å². The topological polar surface area (TPSA) is 50.1 Å². The summed E-state index contributed by atoms with van der Waals surface area (Å²) < 4.78 is 1.73. The maximum atomic E-state index is 10.8. The quantitative estimate of drug-likeness (QED) is 0.861. The summed E-state index contributed by atoms with van der Waals surface area (Å²) in [4.78, 5) is 0. The van der Waals surface area contributed by atoms with Crippen LogP contribution in [0.4, 0.5) is 0 Å². The summed E-state index contributed by atoms with van der Waals surface area (Å²) in [5.74, 6) is 0.655. The second-order valence-electron chi connectivity index (χ2n) is 6.99. The third kappa shape index (κ3) is 3.82. The van der Waals surface area contributed by atoms with Crippen molar-refractivity contribution in [3.63, 3.8) is 0 Å². The predicted octanol–water partition coefficient (Wildman–Crippen LogP) is 3.15. The molecule has 4 nitrogen and oxygen atoms in total. The third-order valence-electron chi connectivity index (χ3n) is 5.02. The molecule has 0 spiro atoms. The van der Waals surface area contributed by atoms with E-state index in [0.29, 0.717) is 18.5 Å². The van der Waals surface area contributed by atoms with Crippen LogP contribution in [0.25, 0.3) is 0 Å². The number of aryl methyl sites for hydroxylation is 1. The zero-order valence-electron chi connectivity index (χ0n) is 14.1. The Bertz CT molecular complexity index is 615. The number of rotatable bonds is 6. The highest BCUT2D eigenvalue weighted by Crippen LogP contribution is 2.36. The van der Waals surface area contributed by atoms with E-state index in [0.717, 1.165) is 5.56 Å². The van der Waals surface area contributed by atoms with E-state index in [-0.39, 0.29) is 0 Å². The Labute approximate surface area is 138 Å². The van der Waals surface area contributed by atoms with Gasteiger partial charge in [0.15, 0.2) is 0 Å². The summed E-state index contributed by atoms with van der Waals surface area (Å²) in [6, 6.07) is 10.9. The zero-order valence-corrected chi connectivity index (χ0v) is 14.1. The minimum Gasteiger partial charge on any atom is -0.384 e. The van der Waals surface area contributed by atoms with Crippen LogP contribution < -0.4 is 5.32 Å². The Morgan fingerprint density at radius 1 is 1.30 bits per heavy atom. The van der Waals surface area contributed by atoms with E-state index in [1.807, 2.05) is 20.2 Å². The minimum absolute atomic E-state index is 0.307. The normalized spacial score (nSPS) is 19.6. The highest BCUT2D eigenvalue weighted by Gasteiger charge is 2.30. The van der Waals surface area contributed by atoms with Crippen molar-refractivity contribution in [3.05, 3.63) is 53.9 Å². The molecule has 1 aromatic carbocycles. The van der Waals surface area contributed by atoms with Gasteiger partial charge >= 0.3 is 0 Å². The first-order chi connectivity index (χ1) is 11.1. The van der Waals surface area contributed by atoms with Crippen LogP contribution in [0.5, 0.6) is 0 Å². The molecular formula is C19H27N3O. The molecule has 2 N–H and O–H groups in total. The molecule has 1 aliphatic rings. The molecule has 2 unspecified atom stereocenters. The van der Waals surface area contributed by atoms with Crippen molar-refractivity contribution < 1.29 is 5.11 Å². The molecule has 2 aromatic rings. The van der Waals surface area contributed by atoms with Gasteiger partial charge in [0.2, 0.25) is 0 Å². The summed E-state index contributed by atoms with van der Waals surface area (Å²) in [7, 11) is 1.87. The van der Waals surface area contributed by atoms with Crippen molar-refractivity contribution in [2.45, 2.75) is 44.2 Å². The summed E-state index contributed by atoms with van der Waals surface area (Å²) >= 11 is 0. The van der Waals surface area contributed by atoms with Gasteiger partial charge in [0.1, 0.15) is 5.60 Å². The fourth-order valence-corrected chi connectivity index (χ4v) is 3.62. The summed E-state index contributed by atoms with van der Waals surface area (Å²) in [5.41, 5.74) is 1.26. The molecule has 1 saturated carbocycles. The monoisotopic (exact) mass is 313 g/mol. The Hall–Kier alpha value is -1.65. The lowest BCUT2D eigenvalue weighted by Gasteiger charge is -2.30. The van der Waals surface area contributed by atoms with Gasteiger partial charge in [0.25, 0.3) is 0 Å². The lowest BCUT2D eigenvalue weighted by molar-refractivity contribution is 0.0511. The first-order valence-corrected chi connectivity index (χ1v) is 8.56. The smallest absolute Gasteiger partial charge is 0.102 e. The van der Waals surface area contributed by atoms with E-state index < -0.39 is 5.60 Å². The first kappa shape index (κ1) is 16.2. The molecule has 0 aliphatic heterocycles. The van der Waals surface area contributed by atoms with Gasteiger partial charge in [-0.1, -0.05) is 43.2 Å². The average molecular weight is 313 g/mol. The van der Waals surface area contributed by atoms with Gasteiger partial charge in [0.05, 0.1) is 6.20 Å². The molecule has 0 amide bonds. The third-order valence-corrected chi connectivity index (χ3v) is 5.02. The van der Waals surface area contributed by atoms with Gasteiger partial charge in [-0.15, -0.1) is 0 Å². The van der Waals surface area contributed by atoms with Crippen LogP contribution in [0.15, 0.2) is 42.7 Å². The number of aliphatic hydroxyl groups is 1. The fourth-order valence-electron chi connectivity index (χ4n) is 3.62. The molecule has 1 aliphatic carbocycles. The molecular weight excluding hydrogens is 286 g/mol. The molecule has 23 heavy (non-hydrogen) atoms. The number of aromatic nitrogens is 2. The standard InChI is InChI=1S/C19H27N3O/c1-19(23,17-12-21-22(2)13-17)14-20-18(16-10-6-7-11-16)15-8-4-3-5-9-15/h3-5,8-9,12-13,16,18,20,23H,6-7,10-11,14H2,1-2H3. The number of hydrogen-bond acceptors (Lipinski definition) is 3. The summed E-state index contributed by atoms with van der Waals surface area (Å²) in [5, 5.41) is 18.6. The number of hydrogen-bond donors (Lipinski definition) is 2. The number of nitrogens with zero attached hydrogens (tertiary/aromatic N) is 2. The van der Waals surface area contributed by atoms with Gasteiger partial charge in [-0.05, 0) is 31.2 Å². The predicted molar refractivity (Wildman–Crippen MR) is 91.9 cm³/mol. The van der Waals surface area contributed by atoms with Gasteiger partial charge in [-0.3, -0.25) is 4.68 Å². The van der Waals surface area contributed by atoms with Crippen LogP contribution in [0.1, 0.15) is 49.8 Å². The van der Waals surface area contributed by atoms with Gasteiger partial charge < -0.3 is 10.4 Å². The first-order valence-electron chi connectivity index (χ1n) is 8.56. The molecule has 0 radical (unpaired) electrons. The van der Waals surface area contributed by atoms with Crippen LogP contribution >= 0.6 is 0 Å². The molecule has 1 aromatic heterocycles. The van der Waals surface area contributed by atoms with Crippen molar-refractivity contribution in [3.8, 4) is 0 Å². The van der Waals surface area contributed by atoms with Crippen molar-refractivity contribution >= 4 is 0 Å². The van der Waals surface area contributed by atoms with Crippen LogP contribution in [0.3, 0.4) is 0 Å². The molecule has 1 fully saturated rings. The zero-order chi connectivity index (χ0) is 16.3. The molecule has 1 heterocycles. The van der Waals surface area contributed by atoms with Crippen LogP contribution in [-0.4, -0.2) is 21.4 Å². The highest BCUT2D eigenvalue weighted by molar-refractivity contribution is 5.21. The Morgan fingerprint density at radius 2 is 2.00 bits per heavy atom. The van der Waals surface area contributed by atoms with Crippen LogP contribution in [0.2, 0.25) is 0 Å². The number of nitrogens with one attached hydrogen (secondary N) is 1. The molecule has 124 valence electrons. The van der Waals surface area contributed by atoms with Crippen LogP contribution in [-0.2, 0) is 12.6 Å². The van der Waals surface area contributed by atoms with Crippen molar-refractivity contribution in [1.82, 2.24) is 15.1 Å². The molecule has 3 rings (SSSR count). The summed E-state index contributed by atoms with van der Waals surface area (Å²) in [6.45, 7) is 2.38. The molecule has 4 heteroatoms. The molecule has 0 saturated heterocycles. The van der Waals surface area contributed by atoms with Crippen molar-refractivity contribution in [1.29, 1.82) is 0 Å². The van der Waals surface area contributed by atoms with E-state index in [2.05, 4.69) is 40.7 Å². The van der Waals surface area contributed by atoms with Gasteiger partial charge in [0, 0.05) is 31.4 Å². The second kappa shape index (κ2) is 6.85. The van der Waals surface area contributed by atoms with Gasteiger partial charge in [-0.2, -0.15) is 5.10 Å². The highest BCUT2D eigenvalue weighted by atomic mass is 16.3. The number of benzene rings is 1. The van der Waals surface area contributed by atoms with E-state index in [4.69, 9.17) is 0 Å². The minimum atomic E-state index is -0.917. The average Bonchev–Trinajstić information content (AvgIpc) is 3.20. The largest absolute Gasteiger partial charge is 0.384 e. The maximum Gasteiger partial charge on any atom is 0.102 e. The summed E-state index contributed by atoms with van der Waals surface area (Å²) in [6.07, 6.45) is 8.79. The Balaban J connectivity index is 1.73. The van der Waals surface area contributed by atoms with E-state index >= 15 is 0 Å². The van der Waals surface area contributed by atoms with Crippen molar-refractivity contribution in [2.24, 2.45) is 13.0 Å². The fraction of sp³-hybridized carbons (Fsp3) is 0.526. The van der Waals surface area contributed by atoms with E-state index in [1.54, 1.807) is 10.9 Å². The van der Waals surface area contributed by atoms with Crippen molar-refractivity contribution in [2.75, 3.05) is 6.54 Å². The second-order valence-corrected chi connectivity index (χ2v) is 6.99. The lowest BCUT2D eigenvalue weighted by Crippen LogP contribution is -2.39. The maximum absolute atomic E-state index is 10.8. The Kier molecular flexibility index (Phi) is 4.83. The molecule has 2 atom stereocenters. The molecule has 0 bridgehead atoms. The van der Waals surface area contributed by atoms with E-state index in [9.17, 15) is 5.11 Å². The van der Waals surface area contributed by atoms with Gasteiger partial charge in [-0.25, -0.2) is 0 Å².